The third kappa shape index (κ3) is 6.59. The Morgan fingerprint density at radius 3 is 2.43 bits per heavy atom. The topological polar surface area (TPSA) is 195 Å². The van der Waals surface area contributed by atoms with Gasteiger partial charge in [-0.2, -0.15) is 0 Å². The van der Waals surface area contributed by atoms with Crippen LogP contribution in [0.4, 0.5) is 0 Å². The van der Waals surface area contributed by atoms with Crippen LogP contribution in [0.3, 0.4) is 0 Å². The van der Waals surface area contributed by atoms with Crippen LogP contribution in [0.1, 0.15) is 65.9 Å². The van der Waals surface area contributed by atoms with Gasteiger partial charge in [0, 0.05) is 62.0 Å². The molecule has 13 heteroatoms. The van der Waals surface area contributed by atoms with Crippen molar-refractivity contribution in [3.63, 3.8) is 0 Å². The van der Waals surface area contributed by atoms with Crippen molar-refractivity contribution in [2.75, 3.05) is 13.7 Å². The van der Waals surface area contributed by atoms with Gasteiger partial charge in [-0.1, -0.05) is 57.5 Å². The van der Waals surface area contributed by atoms with E-state index in [1.54, 1.807) is 45.0 Å². The summed E-state index contributed by atoms with van der Waals surface area (Å²) >= 11 is 0. The number of ether oxygens (including phenoxy) is 3. The van der Waals surface area contributed by atoms with Gasteiger partial charge >= 0.3 is 17.9 Å². The number of aliphatic carboxylic acids is 1. The highest BCUT2D eigenvalue weighted by Crippen LogP contribution is 2.62. The Morgan fingerprint density at radius 1 is 1.14 bits per heavy atom. The zero-order valence-corrected chi connectivity index (χ0v) is 29.7. The number of carbonyl (C=O) groups excluding carboxylic acids is 5. The lowest BCUT2D eigenvalue weighted by molar-refractivity contribution is -0.160. The molecule has 4 N–H and O–H groups in total. The maximum atomic E-state index is 14.3. The van der Waals surface area contributed by atoms with E-state index in [0.29, 0.717) is 18.4 Å². The van der Waals surface area contributed by atoms with Crippen LogP contribution in [0.25, 0.3) is 0 Å². The van der Waals surface area contributed by atoms with Gasteiger partial charge in [0.2, 0.25) is 11.7 Å². The number of benzene rings is 1. The molecule has 8 atom stereocenters. The van der Waals surface area contributed by atoms with Crippen molar-refractivity contribution in [1.82, 2.24) is 10.6 Å². The van der Waals surface area contributed by atoms with Crippen LogP contribution in [0.5, 0.6) is 0 Å². The van der Waals surface area contributed by atoms with Gasteiger partial charge in [-0.25, -0.2) is 9.59 Å². The minimum Gasteiger partial charge on any atom is -0.504 e. The van der Waals surface area contributed by atoms with E-state index in [1.807, 2.05) is 13.0 Å². The lowest BCUT2D eigenvalue weighted by Gasteiger charge is -2.53. The molecule has 0 spiro atoms. The van der Waals surface area contributed by atoms with Gasteiger partial charge in [0.1, 0.15) is 30.1 Å². The number of amides is 1. The summed E-state index contributed by atoms with van der Waals surface area (Å²) in [5.74, 6) is -5.94. The average Bonchev–Trinajstić information content (AvgIpc) is 3.38. The number of carboxylic acid groups (broad SMARTS) is 1. The van der Waals surface area contributed by atoms with Crippen molar-refractivity contribution in [3.8, 4) is 0 Å². The smallest absolute Gasteiger partial charge is 0.340 e. The summed E-state index contributed by atoms with van der Waals surface area (Å²) in [7, 11) is 1.41. The Labute approximate surface area is 296 Å². The van der Waals surface area contributed by atoms with E-state index in [2.05, 4.69) is 10.6 Å². The van der Waals surface area contributed by atoms with Crippen molar-refractivity contribution in [3.05, 3.63) is 70.1 Å². The number of esters is 2. The van der Waals surface area contributed by atoms with Crippen molar-refractivity contribution >= 4 is 35.4 Å². The van der Waals surface area contributed by atoms with E-state index in [0.717, 1.165) is 5.56 Å². The van der Waals surface area contributed by atoms with Crippen LogP contribution >= 0.6 is 0 Å². The molecule has 1 saturated carbocycles. The average molecular weight is 707 g/mol. The first-order chi connectivity index (χ1) is 24.1. The monoisotopic (exact) mass is 706 g/mol. The second-order valence-electron chi connectivity index (χ2n) is 14.3. The van der Waals surface area contributed by atoms with Gasteiger partial charge in [0.25, 0.3) is 0 Å². The van der Waals surface area contributed by atoms with Crippen LogP contribution in [0.15, 0.2) is 64.6 Å². The van der Waals surface area contributed by atoms with Gasteiger partial charge in [-0.05, 0) is 30.4 Å². The molecule has 4 aliphatic rings. The number of allylic oxidation sites excluding steroid dienone is 1. The Hall–Kier alpha value is -4.78. The Balaban J connectivity index is 1.63. The second-order valence-corrected chi connectivity index (χ2v) is 14.3. The molecule has 1 saturated heterocycles. The van der Waals surface area contributed by atoms with Gasteiger partial charge in [0.05, 0.1) is 17.6 Å². The first-order valence-corrected chi connectivity index (χ1v) is 17.3. The minimum atomic E-state index is -1.47. The zero-order chi connectivity index (χ0) is 37.4. The van der Waals surface area contributed by atoms with Crippen molar-refractivity contribution in [2.24, 2.45) is 22.7 Å². The lowest BCUT2D eigenvalue weighted by atomic mass is 9.53. The quantitative estimate of drug-likeness (QED) is 0.183. The van der Waals surface area contributed by atoms with Gasteiger partial charge in [-0.15, -0.1) is 0 Å². The van der Waals surface area contributed by atoms with E-state index >= 15 is 0 Å². The van der Waals surface area contributed by atoms with Crippen LogP contribution in [-0.4, -0.2) is 83.6 Å². The highest BCUT2D eigenvalue weighted by molar-refractivity contribution is 6.14. The summed E-state index contributed by atoms with van der Waals surface area (Å²) in [6.45, 7) is 8.03. The molecule has 274 valence electrons. The molecule has 1 aromatic rings. The highest BCUT2D eigenvalue weighted by Gasteiger charge is 2.64. The fraction of sp³-hybridized carbons (Fsp3) is 0.526. The molecule has 0 aromatic heterocycles. The number of nitrogens with one attached hydrogen (secondary N) is 2. The predicted molar refractivity (Wildman–Crippen MR) is 182 cm³/mol. The van der Waals surface area contributed by atoms with E-state index in [4.69, 9.17) is 14.2 Å². The van der Waals surface area contributed by atoms with Crippen LogP contribution in [0.2, 0.25) is 0 Å². The molecule has 51 heavy (non-hydrogen) atoms. The summed E-state index contributed by atoms with van der Waals surface area (Å²) in [6.07, 6.45) is 0.295. The van der Waals surface area contributed by atoms with E-state index in [1.165, 1.54) is 20.2 Å². The number of carbonyl (C=O) groups is 6. The van der Waals surface area contributed by atoms with Crippen molar-refractivity contribution in [1.29, 1.82) is 0 Å². The number of fused-ring (bicyclic) bond motifs is 4. The number of ketones is 2. The number of hydrogen-bond donors (Lipinski definition) is 4. The van der Waals surface area contributed by atoms with Crippen molar-refractivity contribution in [2.45, 2.75) is 91.0 Å². The maximum Gasteiger partial charge on any atom is 0.340 e. The fourth-order valence-electron chi connectivity index (χ4n) is 8.29. The first-order valence-electron chi connectivity index (χ1n) is 17.3. The largest absolute Gasteiger partial charge is 0.504 e. The summed E-state index contributed by atoms with van der Waals surface area (Å²) in [5, 5.41) is 27.3. The van der Waals surface area contributed by atoms with Crippen molar-refractivity contribution < 1.29 is 53.2 Å². The molecule has 0 bridgehead atoms. The maximum absolute atomic E-state index is 14.3. The molecule has 1 amide bonds. The third-order valence-corrected chi connectivity index (χ3v) is 11.2. The summed E-state index contributed by atoms with van der Waals surface area (Å²) in [6, 6.07) is 6.69. The second kappa shape index (κ2) is 14.5. The molecule has 3 aliphatic carbocycles. The summed E-state index contributed by atoms with van der Waals surface area (Å²) in [5.41, 5.74) is -1.59. The number of Topliss-reactive ketones (excluding diaryl/α,β-unsaturated/α-hetero) is 2. The molecular formula is C38H46N2O11. The van der Waals surface area contributed by atoms with E-state index < -0.39 is 76.4 Å². The zero-order valence-electron chi connectivity index (χ0n) is 29.7. The summed E-state index contributed by atoms with van der Waals surface area (Å²) in [4.78, 5) is 79.6. The third-order valence-electron chi connectivity index (χ3n) is 11.2. The fourth-order valence-corrected chi connectivity index (χ4v) is 8.29. The lowest BCUT2D eigenvalue weighted by Crippen LogP contribution is -2.57. The molecule has 1 aliphatic heterocycles. The van der Waals surface area contributed by atoms with Gasteiger partial charge in [0.15, 0.2) is 5.76 Å². The number of rotatable bonds is 12. The Morgan fingerprint density at radius 2 is 1.82 bits per heavy atom. The Bertz CT molecular complexity index is 1730. The molecule has 2 fully saturated rings. The Kier molecular flexibility index (Phi) is 10.6. The number of methoxy groups -OCH3 is 1. The molecule has 5 rings (SSSR count). The highest BCUT2D eigenvalue weighted by atomic mass is 16.6. The number of aliphatic hydroxyl groups is 1. The minimum absolute atomic E-state index is 0.0714. The number of aliphatic hydroxyl groups excluding tert-OH is 1. The number of carboxylic acids is 1. The standard InChI is InChI=1S/C38H46N2O11/c1-7-19(2)31(35(46)47)40-34(45)24(15-21-11-9-8-10-12-21)39-17-22-29-33(44)32(43)28-23-13-14-26(42)37(23,4)16-25(50-20(3)41)30(28)38(29,5)27(18-49-6)51-36(22)48/h8-12,17,19,23-25,27,31,39,44H,7,13-16,18H2,1-6H3,(H,40,45)(H,46,47)/b22-17+. The normalized spacial score (nSPS) is 29.7. The van der Waals surface area contributed by atoms with Gasteiger partial charge in [-0.3, -0.25) is 19.2 Å². The van der Waals surface area contributed by atoms with E-state index in [-0.39, 0.29) is 54.3 Å². The molecular weight excluding hydrogens is 660 g/mol. The van der Waals surface area contributed by atoms with Crippen LogP contribution in [-0.2, 0) is 49.4 Å². The molecule has 0 radical (unpaired) electrons. The number of hydrogen-bond acceptors (Lipinski definition) is 11. The first kappa shape index (κ1) is 37.5. The van der Waals surface area contributed by atoms with E-state index in [9.17, 15) is 39.0 Å². The van der Waals surface area contributed by atoms with Crippen LogP contribution < -0.4 is 10.6 Å². The molecule has 1 heterocycles. The number of cyclic esters (lactones) is 1. The molecule has 13 nitrogen and oxygen atoms in total. The van der Waals surface area contributed by atoms with Gasteiger partial charge < -0.3 is 35.1 Å². The molecule has 8 unspecified atom stereocenters. The molecule has 1 aromatic carbocycles. The SMILES string of the molecule is CCC(C)C(NC(=O)C(Cc1ccccc1)N/C=C1/C(=O)OC(COC)C2(C)C1=C(O)C(=O)C1=C2C(OC(C)=O)CC2(C)C(=O)CCC12)C(=O)O. The summed E-state index contributed by atoms with van der Waals surface area (Å²) < 4.78 is 17.2. The predicted octanol–water partition coefficient (Wildman–Crippen LogP) is 3.28. The van der Waals surface area contributed by atoms with Crippen LogP contribution in [0, 0.1) is 22.7 Å².